The summed E-state index contributed by atoms with van der Waals surface area (Å²) in [4.78, 5) is 18.6. The molecule has 0 aliphatic carbocycles. The van der Waals surface area contributed by atoms with Crippen LogP contribution in [0.15, 0.2) is 24.3 Å². The monoisotopic (exact) mass is 535 g/mol. The third-order valence-corrected chi connectivity index (χ3v) is 7.24. The van der Waals surface area contributed by atoms with E-state index >= 15 is 0 Å². The number of anilines is 1. The molecule has 1 saturated heterocycles. The summed E-state index contributed by atoms with van der Waals surface area (Å²) < 4.78 is 53.6. The fourth-order valence-corrected chi connectivity index (χ4v) is 5.24. The second-order valence-electron chi connectivity index (χ2n) is 10.1. The highest BCUT2D eigenvalue weighted by atomic mass is 19.3. The number of nitrogens with one attached hydrogen (secondary N) is 1. The lowest BCUT2D eigenvalue weighted by atomic mass is 9.98. The number of unbranched alkanes of at least 4 members (excludes halogenated alkanes) is 2. The number of likely N-dealkylation sites (tertiary alicyclic amines) is 1. The Kier molecular flexibility index (Phi) is 9.15. The highest BCUT2D eigenvalue weighted by molar-refractivity contribution is 5.77. The topological polar surface area (TPSA) is 83.9 Å². The summed E-state index contributed by atoms with van der Waals surface area (Å²) in [7, 11) is 1.19. The predicted octanol–water partition coefficient (Wildman–Crippen LogP) is 5.33. The molecule has 2 N–H and O–H groups in total. The van der Waals surface area contributed by atoms with E-state index in [4.69, 9.17) is 14.5 Å². The van der Waals surface area contributed by atoms with E-state index in [0.29, 0.717) is 39.1 Å². The van der Waals surface area contributed by atoms with E-state index in [1.165, 1.54) is 12.7 Å². The van der Waals surface area contributed by atoms with Crippen molar-refractivity contribution >= 4 is 11.8 Å². The van der Waals surface area contributed by atoms with Gasteiger partial charge in [0.05, 0.1) is 13.2 Å². The number of benzene rings is 1. The van der Waals surface area contributed by atoms with Gasteiger partial charge in [0.15, 0.2) is 11.6 Å². The van der Waals surface area contributed by atoms with Crippen molar-refractivity contribution in [1.29, 1.82) is 0 Å². The second-order valence-corrected chi connectivity index (χ2v) is 10.1. The molecule has 2 aromatic rings. The van der Waals surface area contributed by atoms with Gasteiger partial charge in [-0.3, -0.25) is 9.69 Å². The highest BCUT2D eigenvalue weighted by Crippen LogP contribution is 2.39. The Bertz CT molecular complexity index is 1130. The zero-order valence-electron chi connectivity index (χ0n) is 21.9. The van der Waals surface area contributed by atoms with Gasteiger partial charge in [0.1, 0.15) is 11.9 Å². The number of nitrogens with zero attached hydrogens (tertiary/aromatic N) is 2. The maximum Gasteiger partial charge on any atom is 0.325 e. The molecule has 1 fully saturated rings. The predicted molar refractivity (Wildman–Crippen MR) is 137 cm³/mol. The summed E-state index contributed by atoms with van der Waals surface area (Å²) in [5, 5.41) is 13.3. The van der Waals surface area contributed by atoms with Crippen LogP contribution in [0.4, 0.5) is 19.0 Å². The number of aliphatic carboxylic acids is 1. The third-order valence-electron chi connectivity index (χ3n) is 7.24. The molecule has 3 heterocycles. The molecule has 10 heteroatoms. The minimum Gasteiger partial charge on any atom is -0.493 e. The molecule has 0 amide bonds. The number of fused-ring (bicyclic) bond motifs is 1. The number of rotatable bonds is 12. The first-order valence-electron chi connectivity index (χ1n) is 13.2. The molecule has 4 rings (SSSR count). The number of aromatic nitrogens is 1. The number of hydrogen-bond donors (Lipinski definition) is 2. The van der Waals surface area contributed by atoms with Crippen molar-refractivity contribution in [3.8, 4) is 5.75 Å². The van der Waals surface area contributed by atoms with Crippen LogP contribution in [0.5, 0.6) is 5.75 Å². The average Bonchev–Trinajstić information content (AvgIpc) is 3.33. The normalized spacial score (nSPS) is 18.6. The Labute approximate surface area is 221 Å². The number of halogens is 3. The van der Waals surface area contributed by atoms with Crippen LogP contribution < -0.4 is 10.1 Å². The number of alkyl halides is 2. The van der Waals surface area contributed by atoms with Crippen LogP contribution in [0.1, 0.15) is 67.5 Å². The number of pyridine rings is 1. The van der Waals surface area contributed by atoms with Crippen LogP contribution in [-0.2, 0) is 28.3 Å². The largest absolute Gasteiger partial charge is 0.493 e. The number of hydrogen-bond acceptors (Lipinski definition) is 6. The molecule has 2 aliphatic rings. The van der Waals surface area contributed by atoms with Crippen LogP contribution >= 0.6 is 0 Å². The minimum absolute atomic E-state index is 0.122. The summed E-state index contributed by atoms with van der Waals surface area (Å²) >= 11 is 0. The number of aryl methyl sites for hydroxylation is 2. The average molecular weight is 536 g/mol. The first kappa shape index (κ1) is 28.2. The third kappa shape index (κ3) is 6.77. The Morgan fingerprint density at radius 2 is 2.11 bits per heavy atom. The van der Waals surface area contributed by atoms with E-state index in [1.54, 1.807) is 4.90 Å². The Hall–Kier alpha value is -2.85. The molecule has 0 bridgehead atoms. The van der Waals surface area contributed by atoms with Crippen LogP contribution in [0.25, 0.3) is 0 Å². The van der Waals surface area contributed by atoms with Gasteiger partial charge in [-0.05, 0) is 62.3 Å². The van der Waals surface area contributed by atoms with Gasteiger partial charge in [-0.2, -0.15) is 0 Å². The zero-order chi connectivity index (χ0) is 27.3. The van der Waals surface area contributed by atoms with E-state index in [-0.39, 0.29) is 17.4 Å². The van der Waals surface area contributed by atoms with Crippen molar-refractivity contribution in [2.75, 3.05) is 38.7 Å². The Balaban J connectivity index is 1.27. The zero-order valence-corrected chi connectivity index (χ0v) is 21.9. The number of carbonyl (C=O) groups is 1. The molecular weight excluding hydrogens is 499 g/mol. The van der Waals surface area contributed by atoms with Crippen molar-refractivity contribution in [1.82, 2.24) is 9.88 Å². The molecule has 2 aliphatic heterocycles. The lowest BCUT2D eigenvalue weighted by molar-refractivity contribution is -0.143. The van der Waals surface area contributed by atoms with Crippen molar-refractivity contribution < 1.29 is 32.5 Å². The molecular formula is C28H36F3N3O4. The van der Waals surface area contributed by atoms with Gasteiger partial charge in [-0.25, -0.2) is 18.2 Å². The molecule has 0 saturated carbocycles. The first-order chi connectivity index (χ1) is 18.2. The van der Waals surface area contributed by atoms with Gasteiger partial charge >= 0.3 is 5.97 Å². The van der Waals surface area contributed by atoms with E-state index in [0.717, 1.165) is 62.6 Å². The molecule has 1 aromatic carbocycles. The van der Waals surface area contributed by atoms with Crippen LogP contribution in [0.3, 0.4) is 0 Å². The highest BCUT2D eigenvalue weighted by Gasteiger charge is 2.38. The Morgan fingerprint density at radius 1 is 1.29 bits per heavy atom. The van der Waals surface area contributed by atoms with Crippen molar-refractivity contribution in [2.24, 2.45) is 0 Å². The van der Waals surface area contributed by atoms with E-state index < -0.39 is 29.3 Å². The quantitative estimate of drug-likeness (QED) is 0.356. The fraction of sp³-hybridized carbons (Fsp3) is 0.571. The lowest BCUT2D eigenvalue weighted by Gasteiger charge is -2.27. The molecule has 1 aromatic heterocycles. The fourth-order valence-electron chi connectivity index (χ4n) is 5.24. The molecule has 38 heavy (non-hydrogen) atoms. The van der Waals surface area contributed by atoms with E-state index in [1.807, 2.05) is 0 Å². The summed E-state index contributed by atoms with van der Waals surface area (Å²) in [6, 6.07) is 4.66. The van der Waals surface area contributed by atoms with Crippen LogP contribution in [0.2, 0.25) is 0 Å². The summed E-state index contributed by atoms with van der Waals surface area (Å²) in [5.74, 6) is -4.92. The molecule has 2 atom stereocenters. The van der Waals surface area contributed by atoms with E-state index in [9.17, 15) is 23.1 Å². The maximum atomic E-state index is 14.6. The minimum atomic E-state index is -3.32. The number of carboxylic acids is 1. The van der Waals surface area contributed by atoms with Crippen LogP contribution in [-0.4, -0.2) is 60.4 Å². The number of carboxylic acid groups (broad SMARTS) is 1. The molecule has 0 unspecified atom stereocenters. The van der Waals surface area contributed by atoms with Gasteiger partial charge in [-0.15, -0.1) is 0 Å². The van der Waals surface area contributed by atoms with Crippen LogP contribution in [0, 0.1) is 5.82 Å². The van der Waals surface area contributed by atoms with Gasteiger partial charge in [-0.1, -0.05) is 12.5 Å². The summed E-state index contributed by atoms with van der Waals surface area (Å²) in [6.07, 6.45) is 6.38. The first-order valence-corrected chi connectivity index (χ1v) is 13.2. The summed E-state index contributed by atoms with van der Waals surface area (Å²) in [6.45, 7) is 2.86. The second kappa shape index (κ2) is 12.3. The standard InChI is InChI=1S/C28H36F3N3O4/c1-28(30,31)19-15-22(25(37-2)23(29)16-19)24(27(35)36)34-13-11-21(17-34)38-14-5-3-4-8-20-10-9-18-7-6-12-32-26(18)33-20/h9-10,15-16,21,24H,3-8,11-14,17H2,1-2H3,(H,32,33)(H,35,36)/t21-,24+/m1/s1. The van der Waals surface area contributed by atoms with Crippen molar-refractivity contribution in [2.45, 2.75) is 69.9 Å². The molecule has 0 spiro atoms. The maximum absolute atomic E-state index is 14.6. The van der Waals surface area contributed by atoms with Crippen molar-refractivity contribution in [3.05, 3.63) is 52.5 Å². The van der Waals surface area contributed by atoms with E-state index in [2.05, 4.69) is 17.4 Å². The lowest BCUT2D eigenvalue weighted by Crippen LogP contribution is -2.34. The molecule has 0 radical (unpaired) electrons. The van der Waals surface area contributed by atoms with Gasteiger partial charge in [0.25, 0.3) is 5.92 Å². The van der Waals surface area contributed by atoms with Gasteiger partial charge in [0, 0.05) is 50.0 Å². The van der Waals surface area contributed by atoms with Crippen molar-refractivity contribution in [3.63, 3.8) is 0 Å². The molecule has 7 nitrogen and oxygen atoms in total. The number of ether oxygens (including phenoxy) is 2. The Morgan fingerprint density at radius 3 is 2.84 bits per heavy atom. The SMILES string of the molecule is COc1c(F)cc(C(C)(F)F)cc1[C@@H](C(=O)O)N1CC[C@@H](OCCCCCc2ccc3c(n2)NCCC3)C1. The number of methoxy groups -OCH3 is 1. The van der Waals surface area contributed by atoms with Gasteiger partial charge < -0.3 is 19.9 Å². The summed E-state index contributed by atoms with van der Waals surface area (Å²) in [5.41, 5.74) is 1.65. The smallest absolute Gasteiger partial charge is 0.325 e. The van der Waals surface area contributed by atoms with Gasteiger partial charge in [0.2, 0.25) is 0 Å². The molecule has 208 valence electrons.